The number of hydrogen-bond acceptors (Lipinski definition) is 7. The number of sulfone groups is 1. The maximum atomic E-state index is 13.2. The molecular formula is C34H52N2O6S2. The van der Waals surface area contributed by atoms with Gasteiger partial charge in [-0.25, -0.2) is 13.2 Å². The van der Waals surface area contributed by atoms with Gasteiger partial charge in [-0.2, -0.15) is 11.8 Å². The molecule has 44 heavy (non-hydrogen) atoms. The monoisotopic (exact) mass is 648 g/mol. The number of carbonyl (C=O) groups excluding carboxylic acids is 1. The average molecular weight is 649 g/mol. The summed E-state index contributed by atoms with van der Waals surface area (Å²) in [6.45, 7) is 8.82. The van der Waals surface area contributed by atoms with Crippen LogP contribution in [0.15, 0.2) is 42.5 Å². The van der Waals surface area contributed by atoms with E-state index in [0.29, 0.717) is 16.9 Å². The van der Waals surface area contributed by atoms with Gasteiger partial charge in [0.15, 0.2) is 0 Å². The molecule has 246 valence electrons. The molecule has 2 aromatic rings. The van der Waals surface area contributed by atoms with Crippen LogP contribution in [0, 0.1) is 6.92 Å². The maximum Gasteiger partial charge on any atom is 0.326 e. The number of nitrogens with zero attached hydrogens (tertiary/aromatic N) is 1. The standard InChI is InChI=1S/C25H32N2O5S2.C7H14O.C2H6/c1-17-6-4-5-7-20(17)22-14-18(15-27-12-10-19(16-27)33-2)8-9-21(22)24(28)26-23(25(29)30)11-13-34(3,31)32;1-8-7-5-3-2-4-6-7;1-2/h4-9,14,19,23H,10-13,15-16H2,1-3H3,(H,26,28)(H,29,30);7H,2-6H2,1H3;1-2H3. The second kappa shape index (κ2) is 19.2. The molecule has 1 heterocycles. The molecule has 2 atom stereocenters. The third-order valence-corrected chi connectivity index (χ3v) is 10.0. The predicted octanol–water partition coefficient (Wildman–Crippen LogP) is 6.21. The van der Waals surface area contributed by atoms with E-state index in [9.17, 15) is 23.1 Å². The summed E-state index contributed by atoms with van der Waals surface area (Å²) in [5.41, 5.74) is 4.10. The zero-order valence-corrected chi connectivity index (χ0v) is 28.9. The number of carbonyl (C=O) groups is 2. The lowest BCUT2D eigenvalue weighted by molar-refractivity contribution is -0.139. The Morgan fingerprint density at radius 3 is 2.30 bits per heavy atom. The van der Waals surface area contributed by atoms with E-state index in [4.69, 9.17) is 4.74 Å². The zero-order chi connectivity index (χ0) is 32.7. The number of rotatable bonds is 11. The lowest BCUT2D eigenvalue weighted by Gasteiger charge is -2.20. The van der Waals surface area contributed by atoms with Gasteiger partial charge < -0.3 is 15.2 Å². The van der Waals surface area contributed by atoms with Gasteiger partial charge in [-0.1, -0.05) is 63.4 Å². The predicted molar refractivity (Wildman–Crippen MR) is 182 cm³/mol. The minimum atomic E-state index is -3.35. The molecule has 0 aromatic heterocycles. The fourth-order valence-electron chi connectivity index (χ4n) is 5.50. The molecule has 2 fully saturated rings. The smallest absolute Gasteiger partial charge is 0.326 e. The minimum absolute atomic E-state index is 0.191. The molecular weight excluding hydrogens is 597 g/mol. The summed E-state index contributed by atoms with van der Waals surface area (Å²) in [5, 5.41) is 12.7. The number of hydrogen-bond donors (Lipinski definition) is 2. The number of ether oxygens (including phenoxy) is 1. The number of aliphatic carboxylic acids is 1. The molecule has 0 spiro atoms. The summed E-state index contributed by atoms with van der Waals surface area (Å²) in [6, 6.07) is 12.1. The molecule has 10 heteroatoms. The van der Waals surface area contributed by atoms with Gasteiger partial charge >= 0.3 is 5.97 Å². The molecule has 1 saturated heterocycles. The molecule has 2 aromatic carbocycles. The summed E-state index contributed by atoms with van der Waals surface area (Å²) in [7, 11) is -1.54. The summed E-state index contributed by atoms with van der Waals surface area (Å²) >= 11 is 1.89. The van der Waals surface area contributed by atoms with Crippen molar-refractivity contribution in [1.29, 1.82) is 0 Å². The number of nitrogens with one attached hydrogen (secondary N) is 1. The average Bonchev–Trinajstić information content (AvgIpc) is 3.48. The van der Waals surface area contributed by atoms with Crippen LogP contribution in [0.4, 0.5) is 0 Å². The van der Waals surface area contributed by atoms with Crippen LogP contribution in [0.5, 0.6) is 0 Å². The zero-order valence-electron chi connectivity index (χ0n) is 27.3. The van der Waals surface area contributed by atoms with E-state index in [0.717, 1.165) is 54.6 Å². The molecule has 8 nitrogen and oxygen atoms in total. The Kier molecular flexibility index (Phi) is 16.5. The molecule has 2 N–H and O–H groups in total. The van der Waals surface area contributed by atoms with Crippen molar-refractivity contribution < 1.29 is 27.9 Å². The van der Waals surface area contributed by atoms with Crippen molar-refractivity contribution in [2.45, 2.75) is 89.7 Å². The van der Waals surface area contributed by atoms with Gasteiger partial charge in [-0.05, 0) is 79.8 Å². The summed E-state index contributed by atoms with van der Waals surface area (Å²) in [4.78, 5) is 27.3. The molecule has 0 radical (unpaired) electrons. The first-order valence-electron chi connectivity index (χ1n) is 15.7. The van der Waals surface area contributed by atoms with Gasteiger partial charge in [0, 0.05) is 37.3 Å². The number of methoxy groups -OCH3 is 1. The molecule has 1 amide bonds. The molecule has 0 bridgehead atoms. The normalized spacial score (nSPS) is 17.9. The van der Waals surface area contributed by atoms with Crippen molar-refractivity contribution in [2.24, 2.45) is 0 Å². The Labute approximate surface area is 269 Å². The molecule has 2 unspecified atom stereocenters. The Morgan fingerprint density at radius 2 is 1.75 bits per heavy atom. The number of thioether (sulfide) groups is 1. The van der Waals surface area contributed by atoms with Gasteiger partial charge in [0.2, 0.25) is 0 Å². The fourth-order valence-corrected chi connectivity index (χ4v) is 6.87. The fraction of sp³-hybridized carbons (Fsp3) is 0.588. The Hall–Kier alpha value is -2.40. The van der Waals surface area contributed by atoms with Gasteiger partial charge in [-0.15, -0.1) is 0 Å². The Morgan fingerprint density at radius 1 is 1.07 bits per heavy atom. The lowest BCUT2D eigenvalue weighted by Crippen LogP contribution is -2.42. The third-order valence-electron chi connectivity index (χ3n) is 8.00. The summed E-state index contributed by atoms with van der Waals surface area (Å²) in [6.07, 6.45) is 11.5. The van der Waals surface area contributed by atoms with E-state index >= 15 is 0 Å². The van der Waals surface area contributed by atoms with Crippen molar-refractivity contribution >= 4 is 33.5 Å². The van der Waals surface area contributed by atoms with Crippen LogP contribution in [0.1, 0.15) is 80.3 Å². The van der Waals surface area contributed by atoms with Crippen LogP contribution >= 0.6 is 11.8 Å². The van der Waals surface area contributed by atoms with E-state index in [1.807, 2.05) is 76.0 Å². The van der Waals surface area contributed by atoms with Gasteiger partial charge in [0.05, 0.1) is 11.9 Å². The topological polar surface area (TPSA) is 113 Å². The van der Waals surface area contributed by atoms with E-state index in [1.165, 1.54) is 32.1 Å². The number of amides is 1. The SMILES string of the molecule is CC.COC1CCCCC1.CSC1CCN(Cc2ccc(C(=O)NC(CCS(C)(=O)=O)C(=O)O)c(-c3ccccc3C)c2)C1. The number of carboxylic acid groups (broad SMARTS) is 1. The second-order valence-electron chi connectivity index (χ2n) is 11.4. The van der Waals surface area contributed by atoms with Crippen LogP contribution in [-0.4, -0.2) is 86.2 Å². The van der Waals surface area contributed by atoms with Crippen molar-refractivity contribution in [2.75, 3.05) is 38.5 Å². The van der Waals surface area contributed by atoms with Crippen LogP contribution in [0.2, 0.25) is 0 Å². The second-order valence-corrected chi connectivity index (χ2v) is 14.8. The maximum absolute atomic E-state index is 13.2. The molecule has 1 aliphatic carbocycles. The van der Waals surface area contributed by atoms with Crippen molar-refractivity contribution in [1.82, 2.24) is 10.2 Å². The van der Waals surface area contributed by atoms with Crippen LogP contribution in [0.3, 0.4) is 0 Å². The largest absolute Gasteiger partial charge is 0.480 e. The molecule has 1 aliphatic heterocycles. The lowest BCUT2D eigenvalue weighted by atomic mass is 9.93. The number of benzene rings is 2. The van der Waals surface area contributed by atoms with E-state index in [1.54, 1.807) is 6.07 Å². The van der Waals surface area contributed by atoms with Crippen LogP contribution in [0.25, 0.3) is 11.1 Å². The van der Waals surface area contributed by atoms with Crippen molar-refractivity contribution in [3.63, 3.8) is 0 Å². The van der Waals surface area contributed by atoms with Crippen molar-refractivity contribution in [3.05, 3.63) is 59.2 Å². The van der Waals surface area contributed by atoms with E-state index < -0.39 is 27.8 Å². The highest BCUT2D eigenvalue weighted by Crippen LogP contribution is 2.30. The van der Waals surface area contributed by atoms with Gasteiger partial charge in [0.1, 0.15) is 15.9 Å². The first kappa shape index (κ1) is 37.8. The van der Waals surface area contributed by atoms with Gasteiger partial charge in [0.25, 0.3) is 5.91 Å². The molecule has 1 saturated carbocycles. The Balaban J connectivity index is 0.000000577. The number of carboxylic acids is 1. The third kappa shape index (κ3) is 12.5. The number of likely N-dealkylation sites (tertiary alicyclic amines) is 1. The highest BCUT2D eigenvalue weighted by atomic mass is 32.2. The molecule has 2 aliphatic rings. The first-order chi connectivity index (χ1) is 21.0. The highest BCUT2D eigenvalue weighted by molar-refractivity contribution is 7.99. The molecule has 4 rings (SSSR count). The highest BCUT2D eigenvalue weighted by Gasteiger charge is 2.25. The summed E-state index contributed by atoms with van der Waals surface area (Å²) < 4.78 is 28.2. The first-order valence-corrected chi connectivity index (χ1v) is 19.0. The van der Waals surface area contributed by atoms with Crippen LogP contribution in [-0.2, 0) is 25.9 Å². The van der Waals surface area contributed by atoms with E-state index in [2.05, 4.69) is 16.5 Å². The van der Waals surface area contributed by atoms with Crippen molar-refractivity contribution in [3.8, 4) is 11.1 Å². The van der Waals surface area contributed by atoms with Gasteiger partial charge in [-0.3, -0.25) is 9.69 Å². The summed E-state index contributed by atoms with van der Waals surface area (Å²) in [5.74, 6) is -2.11. The quantitative estimate of drug-likeness (QED) is 0.296. The number of aryl methyl sites for hydroxylation is 1. The van der Waals surface area contributed by atoms with E-state index in [-0.39, 0.29) is 12.2 Å². The Bertz CT molecular complexity index is 1290. The minimum Gasteiger partial charge on any atom is -0.480 e. The van der Waals surface area contributed by atoms with Crippen LogP contribution < -0.4 is 5.32 Å².